The molecule has 0 atom stereocenters. The predicted octanol–water partition coefficient (Wildman–Crippen LogP) is 0.659. The molecule has 0 amide bonds. The van der Waals surface area contributed by atoms with Crippen LogP contribution in [0, 0.1) is 0 Å². The Morgan fingerprint density at radius 1 is 1.44 bits per heavy atom. The van der Waals surface area contributed by atoms with E-state index in [2.05, 4.69) is 7.05 Å². The number of ether oxygens (including phenoxy) is 1. The van der Waals surface area contributed by atoms with Crippen LogP contribution in [-0.2, 0) is 4.74 Å². The summed E-state index contributed by atoms with van der Waals surface area (Å²) in [6.45, 7) is 3.85. The minimum absolute atomic E-state index is 0.712. The van der Waals surface area contributed by atoms with E-state index in [4.69, 9.17) is 16.3 Å². The van der Waals surface area contributed by atoms with Crippen LogP contribution in [0.25, 0.3) is 0 Å². The molecule has 0 N–H and O–H groups in total. The van der Waals surface area contributed by atoms with Crippen LogP contribution in [-0.4, -0.2) is 43.8 Å². The first-order chi connectivity index (χ1) is 4.27. The van der Waals surface area contributed by atoms with Gasteiger partial charge in [0.25, 0.3) is 0 Å². The van der Waals surface area contributed by atoms with E-state index >= 15 is 0 Å². The van der Waals surface area contributed by atoms with Crippen molar-refractivity contribution in [2.75, 3.05) is 39.4 Å². The Labute approximate surface area is 60.9 Å². The molecule has 1 rings (SSSR count). The minimum atomic E-state index is 0.712. The van der Waals surface area contributed by atoms with Gasteiger partial charge in [0.1, 0.15) is 13.1 Å². The number of quaternary nitrogens is 1. The number of alkyl halides is 1. The van der Waals surface area contributed by atoms with Crippen LogP contribution in [0.15, 0.2) is 0 Å². The second kappa shape index (κ2) is 2.86. The lowest BCUT2D eigenvalue weighted by Gasteiger charge is -2.35. The lowest BCUT2D eigenvalue weighted by atomic mass is 10.4. The van der Waals surface area contributed by atoms with E-state index < -0.39 is 0 Å². The molecule has 0 aromatic rings. The Morgan fingerprint density at radius 3 is 2.33 bits per heavy atom. The Morgan fingerprint density at radius 2 is 2.00 bits per heavy atom. The van der Waals surface area contributed by atoms with Crippen LogP contribution in [0.2, 0.25) is 0 Å². The average Bonchev–Trinajstić information content (AvgIpc) is 1.90. The third kappa shape index (κ3) is 1.81. The molecule has 1 saturated heterocycles. The summed E-state index contributed by atoms with van der Waals surface area (Å²) in [5.41, 5.74) is 0. The predicted molar refractivity (Wildman–Crippen MR) is 37.5 cm³/mol. The molecule has 0 bridgehead atoms. The summed E-state index contributed by atoms with van der Waals surface area (Å²) in [4.78, 5) is 0. The van der Waals surface area contributed by atoms with Crippen molar-refractivity contribution in [3.8, 4) is 0 Å². The number of hydrogen-bond acceptors (Lipinski definition) is 1. The number of rotatable bonds is 1. The Bertz CT molecular complexity index is 91.1. The van der Waals surface area contributed by atoms with E-state index in [1.807, 2.05) is 0 Å². The van der Waals surface area contributed by atoms with Crippen LogP contribution < -0.4 is 0 Å². The Hall–Kier alpha value is 0.210. The lowest BCUT2D eigenvalue weighted by Crippen LogP contribution is -2.50. The maximum absolute atomic E-state index is 5.74. The van der Waals surface area contributed by atoms with Crippen molar-refractivity contribution in [3.63, 3.8) is 0 Å². The van der Waals surface area contributed by atoms with E-state index in [9.17, 15) is 0 Å². The van der Waals surface area contributed by atoms with Crippen molar-refractivity contribution in [3.05, 3.63) is 0 Å². The standard InChI is InChI=1S/C6H13ClNO/c1-8(6-7)2-4-9-5-3-8/h2-6H2,1H3/q+1. The summed E-state index contributed by atoms with van der Waals surface area (Å²) in [5.74, 6) is 0. The number of hydrogen-bond donors (Lipinski definition) is 0. The summed E-state index contributed by atoms with van der Waals surface area (Å²) in [6, 6.07) is 0.712. The fraction of sp³-hybridized carbons (Fsp3) is 1.00. The van der Waals surface area contributed by atoms with Gasteiger partial charge in [-0.05, 0) is 0 Å². The first-order valence-electron chi connectivity index (χ1n) is 3.24. The van der Waals surface area contributed by atoms with Gasteiger partial charge < -0.3 is 9.22 Å². The lowest BCUT2D eigenvalue weighted by molar-refractivity contribution is -0.906. The van der Waals surface area contributed by atoms with E-state index in [0.29, 0.717) is 6.00 Å². The van der Waals surface area contributed by atoms with Gasteiger partial charge in [0, 0.05) is 0 Å². The number of halogens is 1. The third-order valence-electron chi connectivity index (χ3n) is 1.84. The van der Waals surface area contributed by atoms with E-state index in [1.165, 1.54) is 0 Å². The van der Waals surface area contributed by atoms with Crippen LogP contribution in [0.4, 0.5) is 0 Å². The van der Waals surface area contributed by atoms with Gasteiger partial charge in [-0.25, -0.2) is 0 Å². The topological polar surface area (TPSA) is 9.23 Å². The monoisotopic (exact) mass is 150 g/mol. The molecule has 0 radical (unpaired) electrons. The molecule has 0 spiro atoms. The molecular formula is C6H13ClNO+. The molecule has 1 heterocycles. The normalized spacial score (nSPS) is 26.0. The summed E-state index contributed by atoms with van der Waals surface area (Å²) in [6.07, 6.45) is 0. The highest BCUT2D eigenvalue weighted by Crippen LogP contribution is 2.07. The smallest absolute Gasteiger partial charge is 0.154 e. The highest BCUT2D eigenvalue weighted by atomic mass is 35.5. The highest BCUT2D eigenvalue weighted by Gasteiger charge is 2.23. The van der Waals surface area contributed by atoms with Crippen LogP contribution in [0.3, 0.4) is 0 Å². The first-order valence-corrected chi connectivity index (χ1v) is 3.78. The average molecular weight is 151 g/mol. The minimum Gasteiger partial charge on any atom is -0.370 e. The molecule has 2 nitrogen and oxygen atoms in total. The summed E-state index contributed by atoms with van der Waals surface area (Å²) in [7, 11) is 2.16. The van der Waals surface area contributed by atoms with E-state index in [1.54, 1.807) is 0 Å². The SMILES string of the molecule is C[N+]1(CCl)CCOCC1. The molecule has 1 fully saturated rings. The summed E-state index contributed by atoms with van der Waals surface area (Å²) >= 11 is 5.74. The Balaban J connectivity index is 2.37. The number of nitrogens with zero attached hydrogens (tertiary/aromatic N) is 1. The molecular weight excluding hydrogens is 138 g/mol. The van der Waals surface area contributed by atoms with Gasteiger partial charge in [-0.15, -0.1) is 0 Å². The summed E-state index contributed by atoms with van der Waals surface area (Å²) < 4.78 is 6.15. The number of likely N-dealkylation sites (N-methyl/N-ethyl adjacent to an activating group) is 1. The largest absolute Gasteiger partial charge is 0.370 e. The molecule has 1 aliphatic rings. The molecule has 54 valence electrons. The zero-order chi connectivity index (χ0) is 6.74. The highest BCUT2D eigenvalue weighted by molar-refractivity contribution is 6.16. The van der Waals surface area contributed by atoms with Crippen molar-refractivity contribution < 1.29 is 9.22 Å². The van der Waals surface area contributed by atoms with Crippen LogP contribution in [0.1, 0.15) is 0 Å². The molecule has 3 heteroatoms. The fourth-order valence-electron chi connectivity index (χ4n) is 0.903. The molecule has 0 unspecified atom stereocenters. The third-order valence-corrected chi connectivity index (χ3v) is 2.42. The van der Waals surface area contributed by atoms with Gasteiger partial charge in [-0.3, -0.25) is 0 Å². The van der Waals surface area contributed by atoms with Crippen LogP contribution >= 0.6 is 11.6 Å². The van der Waals surface area contributed by atoms with Gasteiger partial charge in [0.05, 0.1) is 20.3 Å². The van der Waals surface area contributed by atoms with Gasteiger partial charge in [-0.2, -0.15) is 0 Å². The number of morpholine rings is 1. The maximum Gasteiger partial charge on any atom is 0.154 e. The summed E-state index contributed by atoms with van der Waals surface area (Å²) in [5, 5.41) is 0. The second-order valence-electron chi connectivity index (χ2n) is 2.80. The molecule has 0 aromatic carbocycles. The maximum atomic E-state index is 5.74. The van der Waals surface area contributed by atoms with Crippen molar-refractivity contribution in [1.29, 1.82) is 0 Å². The zero-order valence-electron chi connectivity index (χ0n) is 5.77. The van der Waals surface area contributed by atoms with Gasteiger partial charge in [0.15, 0.2) is 6.00 Å². The molecule has 0 aliphatic carbocycles. The van der Waals surface area contributed by atoms with Crippen LogP contribution in [0.5, 0.6) is 0 Å². The fourth-order valence-corrected chi connectivity index (χ4v) is 1.14. The molecule has 0 saturated carbocycles. The van der Waals surface area contributed by atoms with E-state index in [0.717, 1.165) is 30.8 Å². The van der Waals surface area contributed by atoms with Gasteiger partial charge in [0.2, 0.25) is 0 Å². The molecule has 0 aromatic heterocycles. The van der Waals surface area contributed by atoms with Crippen molar-refractivity contribution >= 4 is 11.6 Å². The second-order valence-corrected chi connectivity index (χ2v) is 3.04. The Kier molecular flexibility index (Phi) is 2.33. The van der Waals surface area contributed by atoms with Gasteiger partial charge >= 0.3 is 0 Å². The molecule has 9 heavy (non-hydrogen) atoms. The van der Waals surface area contributed by atoms with Crippen molar-refractivity contribution in [1.82, 2.24) is 0 Å². The van der Waals surface area contributed by atoms with Crippen molar-refractivity contribution in [2.45, 2.75) is 0 Å². The quantitative estimate of drug-likeness (QED) is 0.303. The zero-order valence-corrected chi connectivity index (χ0v) is 6.52. The van der Waals surface area contributed by atoms with E-state index in [-0.39, 0.29) is 0 Å². The first kappa shape index (κ1) is 7.32. The van der Waals surface area contributed by atoms with Crippen molar-refractivity contribution in [2.24, 2.45) is 0 Å². The molecule has 1 aliphatic heterocycles. The van der Waals surface area contributed by atoms with Gasteiger partial charge in [-0.1, -0.05) is 11.6 Å².